The normalized spacial score (nSPS) is 10.1. The van der Waals surface area contributed by atoms with Gasteiger partial charge in [-0.25, -0.2) is 4.39 Å². The van der Waals surface area contributed by atoms with Gasteiger partial charge in [0.1, 0.15) is 5.82 Å². The first-order valence-electron chi connectivity index (χ1n) is 4.49. The molecule has 1 heteroatoms. The monoisotopic (exact) mass is 178 g/mol. The van der Waals surface area contributed by atoms with E-state index in [9.17, 15) is 4.39 Å². The van der Waals surface area contributed by atoms with Crippen LogP contribution in [0.25, 0.3) is 0 Å². The molecular weight excluding hydrogens is 163 g/mol. The maximum absolute atomic E-state index is 12.8. The Morgan fingerprint density at radius 1 is 1.46 bits per heavy atom. The lowest BCUT2D eigenvalue weighted by atomic mass is 10.0. The molecule has 0 radical (unpaired) electrons. The average molecular weight is 178 g/mol. The molecule has 0 saturated carbocycles. The zero-order valence-electron chi connectivity index (χ0n) is 8.23. The second-order valence-corrected chi connectivity index (χ2v) is 3.53. The predicted octanol–water partition coefficient (Wildman–Crippen LogP) is 3.64. The first-order chi connectivity index (χ1) is 6.09. The molecule has 1 aromatic carbocycles. The molecule has 1 aromatic rings. The lowest BCUT2D eigenvalue weighted by Crippen LogP contribution is -1.91. The van der Waals surface area contributed by atoms with Crippen LogP contribution in [-0.4, -0.2) is 0 Å². The fourth-order valence-electron chi connectivity index (χ4n) is 1.26. The lowest BCUT2D eigenvalue weighted by molar-refractivity contribution is 0.624. The van der Waals surface area contributed by atoms with E-state index in [1.54, 1.807) is 6.07 Å². The summed E-state index contributed by atoms with van der Waals surface area (Å²) in [5, 5.41) is 0. The van der Waals surface area contributed by atoms with Crippen LogP contribution in [0.1, 0.15) is 24.5 Å². The van der Waals surface area contributed by atoms with E-state index in [2.05, 4.69) is 6.58 Å². The Labute approximate surface area is 79.1 Å². The van der Waals surface area contributed by atoms with Crippen LogP contribution < -0.4 is 0 Å². The van der Waals surface area contributed by atoms with Gasteiger partial charge in [-0.15, -0.1) is 6.58 Å². The number of halogens is 1. The molecule has 0 nitrogen and oxygen atoms in total. The van der Waals surface area contributed by atoms with Gasteiger partial charge in [0.2, 0.25) is 0 Å². The summed E-state index contributed by atoms with van der Waals surface area (Å²) in [6, 6.07) is 4.93. The third-order valence-corrected chi connectivity index (χ3v) is 2.13. The maximum Gasteiger partial charge on any atom is 0.123 e. The van der Waals surface area contributed by atoms with Crippen molar-refractivity contribution in [3.05, 3.63) is 47.3 Å². The zero-order valence-corrected chi connectivity index (χ0v) is 8.23. The Hall–Kier alpha value is -1.11. The van der Waals surface area contributed by atoms with Crippen LogP contribution in [0.15, 0.2) is 30.4 Å². The molecule has 0 bridgehead atoms. The Balaban J connectivity index is 2.75. The second kappa shape index (κ2) is 4.22. The largest absolute Gasteiger partial charge is 0.207 e. The fourth-order valence-corrected chi connectivity index (χ4v) is 1.26. The minimum absolute atomic E-state index is 0.151. The van der Waals surface area contributed by atoms with Crippen molar-refractivity contribution < 1.29 is 4.39 Å². The maximum atomic E-state index is 12.8. The van der Waals surface area contributed by atoms with Gasteiger partial charge in [0.05, 0.1) is 0 Å². The molecule has 0 N–H and O–H groups in total. The van der Waals surface area contributed by atoms with Gasteiger partial charge in [-0.1, -0.05) is 11.6 Å². The van der Waals surface area contributed by atoms with E-state index in [-0.39, 0.29) is 5.82 Å². The molecule has 0 saturated heterocycles. The highest BCUT2D eigenvalue weighted by Gasteiger charge is 1.99. The van der Waals surface area contributed by atoms with E-state index < -0.39 is 0 Å². The number of allylic oxidation sites excluding steroid dienone is 1. The Bertz CT molecular complexity index is 313. The van der Waals surface area contributed by atoms with Gasteiger partial charge in [-0.05, 0) is 49.9 Å². The fraction of sp³-hybridized carbons (Fsp3) is 0.333. The lowest BCUT2D eigenvalue weighted by Gasteiger charge is -2.05. The highest BCUT2D eigenvalue weighted by atomic mass is 19.1. The van der Waals surface area contributed by atoms with Crippen molar-refractivity contribution in [1.82, 2.24) is 0 Å². The van der Waals surface area contributed by atoms with Crippen molar-refractivity contribution >= 4 is 0 Å². The van der Waals surface area contributed by atoms with Crippen LogP contribution in [-0.2, 0) is 6.42 Å². The molecule has 0 aliphatic rings. The summed E-state index contributed by atoms with van der Waals surface area (Å²) < 4.78 is 12.8. The zero-order chi connectivity index (χ0) is 9.84. The quantitative estimate of drug-likeness (QED) is 0.620. The third kappa shape index (κ3) is 3.02. The molecule has 1 rings (SSSR count). The minimum Gasteiger partial charge on any atom is -0.207 e. The summed E-state index contributed by atoms with van der Waals surface area (Å²) in [7, 11) is 0. The average Bonchev–Trinajstić information content (AvgIpc) is 2.06. The molecule has 0 aliphatic carbocycles. The molecule has 0 atom stereocenters. The topological polar surface area (TPSA) is 0 Å². The van der Waals surface area contributed by atoms with Crippen LogP contribution in [0.4, 0.5) is 4.39 Å². The number of hydrogen-bond acceptors (Lipinski definition) is 0. The highest BCUT2D eigenvalue weighted by Crippen LogP contribution is 2.14. The SMILES string of the molecule is C=C(C)CCc1cc(F)ccc1C. The van der Waals surface area contributed by atoms with Gasteiger partial charge < -0.3 is 0 Å². The van der Waals surface area contributed by atoms with Gasteiger partial charge in [0.15, 0.2) is 0 Å². The van der Waals surface area contributed by atoms with Gasteiger partial charge in [0, 0.05) is 0 Å². The number of rotatable bonds is 3. The summed E-state index contributed by atoms with van der Waals surface area (Å²) in [6.45, 7) is 7.83. The van der Waals surface area contributed by atoms with E-state index in [0.717, 1.165) is 29.5 Å². The van der Waals surface area contributed by atoms with Gasteiger partial charge in [0.25, 0.3) is 0 Å². The Morgan fingerprint density at radius 3 is 2.77 bits per heavy atom. The molecule has 0 unspecified atom stereocenters. The number of benzene rings is 1. The molecule has 70 valence electrons. The molecule has 0 amide bonds. The van der Waals surface area contributed by atoms with E-state index in [1.807, 2.05) is 19.9 Å². The Kier molecular flexibility index (Phi) is 3.24. The molecular formula is C12H15F. The molecule has 13 heavy (non-hydrogen) atoms. The Morgan fingerprint density at radius 2 is 2.15 bits per heavy atom. The smallest absolute Gasteiger partial charge is 0.123 e. The van der Waals surface area contributed by atoms with Crippen LogP contribution >= 0.6 is 0 Å². The molecule has 0 aliphatic heterocycles. The van der Waals surface area contributed by atoms with Crippen LogP contribution in [0.5, 0.6) is 0 Å². The van der Waals surface area contributed by atoms with E-state index >= 15 is 0 Å². The first kappa shape index (κ1) is 9.97. The second-order valence-electron chi connectivity index (χ2n) is 3.53. The highest BCUT2D eigenvalue weighted by molar-refractivity contribution is 5.27. The van der Waals surface area contributed by atoms with E-state index in [0.29, 0.717) is 0 Å². The standard InChI is InChI=1S/C12H15F/c1-9(2)4-6-11-8-12(13)7-5-10(11)3/h5,7-8H,1,4,6H2,2-3H3. The minimum atomic E-state index is -0.151. The molecule has 0 fully saturated rings. The van der Waals surface area contributed by atoms with Crippen LogP contribution in [0.3, 0.4) is 0 Å². The van der Waals surface area contributed by atoms with Crippen molar-refractivity contribution in [2.45, 2.75) is 26.7 Å². The molecule has 0 spiro atoms. The first-order valence-corrected chi connectivity index (χ1v) is 4.49. The van der Waals surface area contributed by atoms with E-state index in [1.165, 1.54) is 6.07 Å². The van der Waals surface area contributed by atoms with Crippen LogP contribution in [0, 0.1) is 12.7 Å². The summed E-state index contributed by atoms with van der Waals surface area (Å²) in [5.41, 5.74) is 3.38. The summed E-state index contributed by atoms with van der Waals surface area (Å²) in [4.78, 5) is 0. The summed E-state index contributed by atoms with van der Waals surface area (Å²) in [6.07, 6.45) is 1.82. The third-order valence-electron chi connectivity index (χ3n) is 2.13. The molecule has 0 heterocycles. The summed E-state index contributed by atoms with van der Waals surface area (Å²) in [5.74, 6) is -0.151. The van der Waals surface area contributed by atoms with Gasteiger partial charge in [-0.3, -0.25) is 0 Å². The van der Waals surface area contributed by atoms with Gasteiger partial charge >= 0.3 is 0 Å². The van der Waals surface area contributed by atoms with Gasteiger partial charge in [-0.2, -0.15) is 0 Å². The van der Waals surface area contributed by atoms with Crippen molar-refractivity contribution in [2.75, 3.05) is 0 Å². The number of hydrogen-bond donors (Lipinski definition) is 0. The van der Waals surface area contributed by atoms with Crippen molar-refractivity contribution in [3.63, 3.8) is 0 Å². The van der Waals surface area contributed by atoms with Crippen molar-refractivity contribution in [2.24, 2.45) is 0 Å². The van der Waals surface area contributed by atoms with Crippen molar-refractivity contribution in [1.29, 1.82) is 0 Å². The van der Waals surface area contributed by atoms with Crippen molar-refractivity contribution in [3.8, 4) is 0 Å². The predicted molar refractivity (Wildman–Crippen MR) is 54.3 cm³/mol. The number of aryl methyl sites for hydroxylation is 2. The van der Waals surface area contributed by atoms with Crippen LogP contribution in [0.2, 0.25) is 0 Å². The summed E-state index contributed by atoms with van der Waals surface area (Å²) >= 11 is 0. The van der Waals surface area contributed by atoms with E-state index in [4.69, 9.17) is 0 Å². The molecule has 0 aromatic heterocycles.